The first-order valence-electron chi connectivity index (χ1n) is 7.42. The van der Waals surface area contributed by atoms with Crippen molar-refractivity contribution in [2.75, 3.05) is 12.9 Å². The lowest BCUT2D eigenvalue weighted by Crippen LogP contribution is -2.45. The van der Waals surface area contributed by atoms with Crippen molar-refractivity contribution in [3.63, 3.8) is 0 Å². The molecule has 21 heavy (non-hydrogen) atoms. The minimum absolute atomic E-state index is 0.0734. The smallest absolute Gasteiger partial charge is 0.438 e. The van der Waals surface area contributed by atoms with Gasteiger partial charge in [0.05, 0.1) is 12.0 Å². The van der Waals surface area contributed by atoms with Gasteiger partial charge in [0.15, 0.2) is 6.23 Å². The lowest BCUT2D eigenvalue weighted by Gasteiger charge is -2.37. The van der Waals surface area contributed by atoms with Gasteiger partial charge in [-0.1, -0.05) is 30.3 Å². The molecular formula is C16H21NO3S. The van der Waals surface area contributed by atoms with Crippen molar-refractivity contribution in [3.05, 3.63) is 35.9 Å². The van der Waals surface area contributed by atoms with E-state index in [9.17, 15) is 4.79 Å². The Kier molecular flexibility index (Phi) is 4.40. The van der Waals surface area contributed by atoms with Crippen LogP contribution in [-0.4, -0.2) is 30.1 Å². The normalized spacial score (nSPS) is 32.0. The maximum Gasteiger partial charge on any atom is 0.509 e. The maximum absolute atomic E-state index is 11.2. The Hall–Kier alpha value is -1.20. The molecule has 5 heteroatoms. The summed E-state index contributed by atoms with van der Waals surface area (Å²) in [5, 5.41) is 3.48. The highest BCUT2D eigenvalue weighted by atomic mass is 32.2. The first-order valence-corrected chi connectivity index (χ1v) is 8.40. The average molecular weight is 307 g/mol. The fraction of sp³-hybridized carbons (Fsp3) is 0.562. The highest BCUT2D eigenvalue weighted by Gasteiger charge is 2.43. The van der Waals surface area contributed by atoms with Gasteiger partial charge >= 0.3 is 6.16 Å². The number of carbonyl (C=O) groups excluding carboxylic acids is 1. The van der Waals surface area contributed by atoms with E-state index in [1.165, 1.54) is 25.5 Å². The molecule has 0 radical (unpaired) electrons. The second-order valence-electron chi connectivity index (χ2n) is 5.70. The molecule has 114 valence electrons. The predicted octanol–water partition coefficient (Wildman–Crippen LogP) is 3.49. The van der Waals surface area contributed by atoms with Crippen molar-refractivity contribution in [2.45, 2.75) is 42.7 Å². The van der Waals surface area contributed by atoms with Gasteiger partial charge in [-0.3, -0.25) is 5.32 Å². The van der Waals surface area contributed by atoms with E-state index in [-0.39, 0.29) is 11.1 Å². The van der Waals surface area contributed by atoms with Crippen LogP contribution in [0.2, 0.25) is 0 Å². The molecular weight excluding hydrogens is 286 g/mol. The third-order valence-electron chi connectivity index (χ3n) is 4.40. The van der Waals surface area contributed by atoms with E-state index in [0.717, 1.165) is 18.6 Å². The van der Waals surface area contributed by atoms with Gasteiger partial charge in [-0.2, -0.15) is 0 Å². The molecule has 1 aromatic carbocycles. The summed E-state index contributed by atoms with van der Waals surface area (Å²) >= 11 is 1.88. The third-order valence-corrected chi connectivity index (χ3v) is 5.95. The van der Waals surface area contributed by atoms with E-state index in [1.807, 2.05) is 11.8 Å². The number of hydrogen-bond donors (Lipinski definition) is 1. The van der Waals surface area contributed by atoms with Crippen LogP contribution in [0.3, 0.4) is 0 Å². The number of hydrogen-bond acceptors (Lipinski definition) is 5. The zero-order chi connectivity index (χ0) is 14.7. The van der Waals surface area contributed by atoms with Crippen molar-refractivity contribution < 1.29 is 14.3 Å². The molecule has 0 aromatic heterocycles. The van der Waals surface area contributed by atoms with E-state index in [1.54, 1.807) is 0 Å². The Balaban J connectivity index is 1.55. The molecule has 1 N–H and O–H groups in total. The van der Waals surface area contributed by atoms with E-state index in [4.69, 9.17) is 4.74 Å². The van der Waals surface area contributed by atoms with Crippen LogP contribution in [0.25, 0.3) is 0 Å². The Morgan fingerprint density at radius 2 is 2.00 bits per heavy atom. The second kappa shape index (κ2) is 6.28. The molecule has 1 heterocycles. The highest BCUT2D eigenvalue weighted by molar-refractivity contribution is 8.00. The van der Waals surface area contributed by atoms with Gasteiger partial charge < -0.3 is 9.47 Å². The van der Waals surface area contributed by atoms with E-state index in [0.29, 0.717) is 5.92 Å². The van der Waals surface area contributed by atoms with Crippen LogP contribution in [-0.2, 0) is 9.47 Å². The first-order chi connectivity index (χ1) is 10.2. The van der Waals surface area contributed by atoms with Crippen LogP contribution in [0, 0.1) is 0 Å². The van der Waals surface area contributed by atoms with Gasteiger partial charge in [-0.15, -0.1) is 11.8 Å². The zero-order valence-corrected chi connectivity index (χ0v) is 13.0. The largest absolute Gasteiger partial charge is 0.509 e. The topological polar surface area (TPSA) is 47.6 Å². The van der Waals surface area contributed by atoms with Gasteiger partial charge in [0.1, 0.15) is 0 Å². The van der Waals surface area contributed by atoms with Crippen LogP contribution >= 0.6 is 11.8 Å². The summed E-state index contributed by atoms with van der Waals surface area (Å²) in [6, 6.07) is 10.7. The van der Waals surface area contributed by atoms with Crippen LogP contribution < -0.4 is 5.32 Å². The summed E-state index contributed by atoms with van der Waals surface area (Å²) in [6.07, 6.45) is 3.74. The third kappa shape index (κ3) is 3.35. The molecule has 1 aromatic rings. The van der Waals surface area contributed by atoms with Gasteiger partial charge in [-0.05, 0) is 37.2 Å². The number of ether oxygens (including phenoxy) is 2. The van der Waals surface area contributed by atoms with Crippen LogP contribution in [0.5, 0.6) is 0 Å². The van der Waals surface area contributed by atoms with Gasteiger partial charge in [0.25, 0.3) is 0 Å². The zero-order valence-electron chi connectivity index (χ0n) is 12.2. The van der Waals surface area contributed by atoms with Gasteiger partial charge in [0, 0.05) is 5.75 Å². The summed E-state index contributed by atoms with van der Waals surface area (Å²) in [6.45, 7) is 0. The fourth-order valence-electron chi connectivity index (χ4n) is 3.27. The number of nitrogens with one attached hydrogen (secondary N) is 1. The molecule has 1 saturated heterocycles. The molecule has 2 fully saturated rings. The van der Waals surface area contributed by atoms with E-state index in [2.05, 4.69) is 40.4 Å². The van der Waals surface area contributed by atoms with Gasteiger partial charge in [0.2, 0.25) is 0 Å². The van der Waals surface area contributed by atoms with Crippen LogP contribution in [0.4, 0.5) is 4.79 Å². The lowest BCUT2D eigenvalue weighted by molar-refractivity contribution is 0.0282. The number of thioether (sulfide) groups is 1. The van der Waals surface area contributed by atoms with Crippen LogP contribution in [0.15, 0.2) is 30.3 Å². The molecule has 1 aliphatic carbocycles. The molecule has 1 atom stereocenters. The maximum atomic E-state index is 11.2. The summed E-state index contributed by atoms with van der Waals surface area (Å²) < 4.78 is 9.76. The Morgan fingerprint density at radius 3 is 2.67 bits per heavy atom. The average Bonchev–Trinajstić information content (AvgIpc) is 2.91. The van der Waals surface area contributed by atoms with Crippen molar-refractivity contribution >= 4 is 17.9 Å². The summed E-state index contributed by atoms with van der Waals surface area (Å²) in [5.41, 5.74) is 1.44. The minimum atomic E-state index is -0.608. The van der Waals surface area contributed by atoms with E-state index < -0.39 is 6.16 Å². The second-order valence-corrected chi connectivity index (χ2v) is 7.10. The van der Waals surface area contributed by atoms with Crippen LogP contribution in [0.1, 0.15) is 37.2 Å². The lowest BCUT2D eigenvalue weighted by atomic mass is 9.81. The van der Waals surface area contributed by atoms with Crippen molar-refractivity contribution in [2.24, 2.45) is 0 Å². The monoisotopic (exact) mass is 307 g/mol. The first kappa shape index (κ1) is 14.7. The minimum Gasteiger partial charge on any atom is -0.438 e. The molecule has 2 aliphatic rings. The van der Waals surface area contributed by atoms with E-state index >= 15 is 0 Å². The number of rotatable bonds is 2. The van der Waals surface area contributed by atoms with Crippen molar-refractivity contribution in [1.82, 2.24) is 5.32 Å². The quantitative estimate of drug-likeness (QED) is 0.848. The Bertz CT molecular complexity index is 486. The molecule has 4 nitrogen and oxygen atoms in total. The number of benzene rings is 1. The molecule has 0 bridgehead atoms. The van der Waals surface area contributed by atoms with Crippen molar-refractivity contribution in [1.29, 1.82) is 0 Å². The number of methoxy groups -OCH3 is 1. The highest BCUT2D eigenvalue weighted by Crippen LogP contribution is 2.46. The fourth-order valence-corrected chi connectivity index (χ4v) is 4.63. The molecule has 0 amide bonds. The molecule has 1 spiro atoms. The van der Waals surface area contributed by atoms with Crippen molar-refractivity contribution in [3.8, 4) is 0 Å². The summed E-state index contributed by atoms with van der Waals surface area (Å²) in [7, 11) is 1.34. The summed E-state index contributed by atoms with van der Waals surface area (Å²) in [5.74, 6) is 1.45. The number of carbonyl (C=O) groups is 1. The standard InChI is InChI=1S/C16H21NO3S/c1-19-15(18)20-14-11-21-16(17-14)9-7-13(8-10-16)12-5-3-2-4-6-12/h2-6,13-14,17H,7-11H2,1H3/t13?,14-,16?/m1/s1. The molecule has 3 rings (SSSR count). The Morgan fingerprint density at radius 1 is 1.29 bits per heavy atom. The Labute approximate surface area is 129 Å². The SMILES string of the molecule is COC(=O)O[C@@H]1CSC2(CCC(c3ccccc3)CC2)N1. The molecule has 1 saturated carbocycles. The molecule has 0 unspecified atom stereocenters. The summed E-state index contributed by atoms with van der Waals surface area (Å²) in [4.78, 5) is 11.3. The molecule has 1 aliphatic heterocycles. The predicted molar refractivity (Wildman–Crippen MR) is 83.3 cm³/mol. The van der Waals surface area contributed by atoms with Gasteiger partial charge in [-0.25, -0.2) is 4.79 Å².